The van der Waals surface area contributed by atoms with Crippen molar-refractivity contribution >= 4 is 0 Å². The van der Waals surface area contributed by atoms with E-state index >= 15 is 0 Å². The van der Waals surface area contributed by atoms with Crippen molar-refractivity contribution in [1.82, 2.24) is 10.2 Å². The molecule has 0 aromatic rings. The number of nitrogens with zero attached hydrogens (tertiary/aromatic N) is 1. The lowest BCUT2D eigenvalue weighted by Gasteiger charge is -2.35. The highest BCUT2D eigenvalue weighted by molar-refractivity contribution is 4.89. The molecule has 1 aliphatic heterocycles. The van der Waals surface area contributed by atoms with E-state index in [1.807, 2.05) is 0 Å². The van der Waals surface area contributed by atoms with Gasteiger partial charge in [0.05, 0.1) is 0 Å². The zero-order chi connectivity index (χ0) is 10.7. The summed E-state index contributed by atoms with van der Waals surface area (Å²) in [6.45, 7) is 9.75. The predicted octanol–water partition coefficient (Wildman–Crippen LogP) is 2.25. The molecule has 1 N–H and O–H groups in total. The van der Waals surface area contributed by atoms with Crippen LogP contribution in [0.5, 0.6) is 0 Å². The molecule has 0 amide bonds. The molecular formula is C13H26N2. The molecule has 2 fully saturated rings. The molecule has 15 heavy (non-hydrogen) atoms. The van der Waals surface area contributed by atoms with Crippen LogP contribution in [-0.4, -0.2) is 37.1 Å². The van der Waals surface area contributed by atoms with Crippen LogP contribution >= 0.6 is 0 Å². The molecular weight excluding hydrogens is 184 g/mol. The normalized spacial score (nSPS) is 33.0. The first-order chi connectivity index (χ1) is 7.23. The molecule has 0 bridgehead atoms. The van der Waals surface area contributed by atoms with Crippen LogP contribution in [0.4, 0.5) is 0 Å². The SMILES string of the molecule is CCN(CC1(C)CCNC1)C1CCCC1. The van der Waals surface area contributed by atoms with Gasteiger partial charge in [-0.3, -0.25) is 0 Å². The Morgan fingerprint density at radius 2 is 2.07 bits per heavy atom. The van der Waals surface area contributed by atoms with Gasteiger partial charge in [0.25, 0.3) is 0 Å². The standard InChI is InChI=1S/C13H26N2/c1-3-15(12-6-4-5-7-12)11-13(2)8-9-14-10-13/h12,14H,3-11H2,1-2H3. The Balaban J connectivity index is 1.89. The monoisotopic (exact) mass is 210 g/mol. The van der Waals surface area contributed by atoms with Gasteiger partial charge >= 0.3 is 0 Å². The minimum atomic E-state index is 0.540. The van der Waals surface area contributed by atoms with Gasteiger partial charge in [-0.25, -0.2) is 0 Å². The summed E-state index contributed by atoms with van der Waals surface area (Å²) in [6.07, 6.45) is 7.15. The fraction of sp³-hybridized carbons (Fsp3) is 1.00. The maximum atomic E-state index is 3.51. The van der Waals surface area contributed by atoms with Crippen molar-refractivity contribution in [2.45, 2.75) is 52.0 Å². The topological polar surface area (TPSA) is 15.3 Å². The molecule has 2 heteroatoms. The lowest BCUT2D eigenvalue weighted by molar-refractivity contribution is 0.137. The largest absolute Gasteiger partial charge is 0.316 e. The van der Waals surface area contributed by atoms with Crippen molar-refractivity contribution in [2.24, 2.45) is 5.41 Å². The average molecular weight is 210 g/mol. The summed E-state index contributed by atoms with van der Waals surface area (Å²) in [5, 5.41) is 3.51. The third-order valence-corrected chi connectivity index (χ3v) is 4.29. The summed E-state index contributed by atoms with van der Waals surface area (Å²) < 4.78 is 0. The first-order valence-electron chi connectivity index (χ1n) is 6.68. The van der Waals surface area contributed by atoms with E-state index < -0.39 is 0 Å². The number of rotatable bonds is 4. The molecule has 0 aromatic heterocycles. The molecule has 2 aliphatic rings. The molecule has 1 unspecified atom stereocenters. The van der Waals surface area contributed by atoms with Crippen LogP contribution in [0, 0.1) is 5.41 Å². The summed E-state index contributed by atoms with van der Waals surface area (Å²) in [4.78, 5) is 2.74. The van der Waals surface area contributed by atoms with Gasteiger partial charge in [0.1, 0.15) is 0 Å². The van der Waals surface area contributed by atoms with E-state index in [9.17, 15) is 0 Å². The van der Waals surface area contributed by atoms with Gasteiger partial charge < -0.3 is 10.2 Å². The first kappa shape index (κ1) is 11.4. The van der Waals surface area contributed by atoms with Gasteiger partial charge in [0, 0.05) is 19.1 Å². The van der Waals surface area contributed by atoms with Crippen molar-refractivity contribution in [2.75, 3.05) is 26.2 Å². The maximum absolute atomic E-state index is 3.51. The van der Waals surface area contributed by atoms with Gasteiger partial charge in [-0.1, -0.05) is 26.7 Å². The minimum absolute atomic E-state index is 0.540. The molecule has 0 spiro atoms. The highest BCUT2D eigenvalue weighted by Crippen LogP contribution is 2.30. The van der Waals surface area contributed by atoms with E-state index in [0.717, 1.165) is 6.04 Å². The van der Waals surface area contributed by atoms with Crippen LogP contribution in [0.1, 0.15) is 46.0 Å². The third kappa shape index (κ3) is 2.73. The zero-order valence-corrected chi connectivity index (χ0v) is 10.4. The van der Waals surface area contributed by atoms with Crippen molar-refractivity contribution in [3.05, 3.63) is 0 Å². The Labute approximate surface area is 94.4 Å². The summed E-state index contributed by atoms with van der Waals surface area (Å²) in [7, 11) is 0. The van der Waals surface area contributed by atoms with Crippen molar-refractivity contribution in [1.29, 1.82) is 0 Å². The van der Waals surface area contributed by atoms with Crippen LogP contribution in [0.25, 0.3) is 0 Å². The Kier molecular flexibility index (Phi) is 3.68. The molecule has 1 atom stereocenters. The minimum Gasteiger partial charge on any atom is -0.316 e. The van der Waals surface area contributed by atoms with Crippen LogP contribution in [0.3, 0.4) is 0 Å². The van der Waals surface area contributed by atoms with Gasteiger partial charge in [-0.05, 0) is 37.8 Å². The number of hydrogen-bond acceptors (Lipinski definition) is 2. The average Bonchev–Trinajstić information content (AvgIpc) is 2.85. The second-order valence-corrected chi connectivity index (χ2v) is 5.74. The van der Waals surface area contributed by atoms with E-state index in [1.54, 1.807) is 0 Å². The maximum Gasteiger partial charge on any atom is 0.00953 e. The van der Waals surface area contributed by atoms with Crippen LogP contribution in [-0.2, 0) is 0 Å². The highest BCUT2D eigenvalue weighted by atomic mass is 15.2. The zero-order valence-electron chi connectivity index (χ0n) is 10.4. The Morgan fingerprint density at radius 1 is 1.33 bits per heavy atom. The van der Waals surface area contributed by atoms with Gasteiger partial charge in [-0.15, -0.1) is 0 Å². The summed E-state index contributed by atoms with van der Waals surface area (Å²) >= 11 is 0. The lowest BCUT2D eigenvalue weighted by atomic mass is 9.88. The van der Waals surface area contributed by atoms with Crippen LogP contribution in [0.2, 0.25) is 0 Å². The van der Waals surface area contributed by atoms with Crippen LogP contribution < -0.4 is 5.32 Å². The summed E-state index contributed by atoms with van der Waals surface area (Å²) in [5.74, 6) is 0. The third-order valence-electron chi connectivity index (χ3n) is 4.29. The van der Waals surface area contributed by atoms with E-state index in [4.69, 9.17) is 0 Å². The Morgan fingerprint density at radius 3 is 2.60 bits per heavy atom. The molecule has 0 radical (unpaired) electrons. The molecule has 2 rings (SSSR count). The second kappa shape index (κ2) is 4.84. The van der Waals surface area contributed by atoms with E-state index in [0.29, 0.717) is 5.41 Å². The van der Waals surface area contributed by atoms with Crippen LogP contribution in [0.15, 0.2) is 0 Å². The highest BCUT2D eigenvalue weighted by Gasteiger charge is 2.33. The molecule has 2 nitrogen and oxygen atoms in total. The van der Waals surface area contributed by atoms with Crippen molar-refractivity contribution < 1.29 is 0 Å². The van der Waals surface area contributed by atoms with Crippen molar-refractivity contribution in [3.8, 4) is 0 Å². The number of nitrogens with one attached hydrogen (secondary N) is 1. The number of hydrogen-bond donors (Lipinski definition) is 1. The molecule has 0 aromatic carbocycles. The van der Waals surface area contributed by atoms with Gasteiger partial charge in [-0.2, -0.15) is 0 Å². The fourth-order valence-corrected chi connectivity index (χ4v) is 3.26. The summed E-state index contributed by atoms with van der Waals surface area (Å²) in [5.41, 5.74) is 0.540. The first-order valence-corrected chi connectivity index (χ1v) is 6.68. The molecule has 1 heterocycles. The molecule has 1 saturated heterocycles. The summed E-state index contributed by atoms with van der Waals surface area (Å²) in [6, 6.07) is 0.896. The lowest BCUT2D eigenvalue weighted by Crippen LogP contribution is -2.42. The molecule has 1 aliphatic carbocycles. The van der Waals surface area contributed by atoms with E-state index in [2.05, 4.69) is 24.1 Å². The van der Waals surface area contributed by atoms with E-state index in [1.165, 1.54) is 58.3 Å². The quantitative estimate of drug-likeness (QED) is 0.765. The Bertz CT molecular complexity index is 191. The Hall–Kier alpha value is -0.0800. The fourth-order valence-electron chi connectivity index (χ4n) is 3.26. The predicted molar refractivity (Wildman–Crippen MR) is 65.1 cm³/mol. The molecule has 1 saturated carbocycles. The second-order valence-electron chi connectivity index (χ2n) is 5.74. The van der Waals surface area contributed by atoms with Gasteiger partial charge in [0.15, 0.2) is 0 Å². The smallest absolute Gasteiger partial charge is 0.00953 e. The van der Waals surface area contributed by atoms with Gasteiger partial charge in [0.2, 0.25) is 0 Å². The molecule has 88 valence electrons. The van der Waals surface area contributed by atoms with E-state index in [-0.39, 0.29) is 0 Å². The van der Waals surface area contributed by atoms with Crippen molar-refractivity contribution in [3.63, 3.8) is 0 Å².